The maximum absolute atomic E-state index is 11.3. The minimum atomic E-state index is -0.442. The van der Waals surface area contributed by atoms with Crippen molar-refractivity contribution in [3.8, 4) is 0 Å². The average molecular weight is 296 g/mol. The van der Waals surface area contributed by atoms with E-state index in [0.717, 1.165) is 58.3 Å². The molecule has 0 aromatic heterocycles. The van der Waals surface area contributed by atoms with Crippen molar-refractivity contribution in [1.82, 2.24) is 0 Å². The Morgan fingerprint density at radius 3 is 2.48 bits per heavy atom. The van der Waals surface area contributed by atoms with Gasteiger partial charge in [-0.2, -0.15) is 0 Å². The minimum absolute atomic E-state index is 0.00166. The smallest absolute Gasteiger partial charge is 0.0730 e. The van der Waals surface area contributed by atoms with Crippen LogP contribution in [0.1, 0.15) is 65.2 Å². The van der Waals surface area contributed by atoms with Crippen LogP contribution in [0, 0.1) is 17.8 Å². The second kappa shape index (κ2) is 6.17. The molecular formula is C18H32O3. The second-order valence-corrected chi connectivity index (χ2v) is 8.04. The zero-order valence-electron chi connectivity index (χ0n) is 13.8. The van der Waals surface area contributed by atoms with E-state index in [2.05, 4.69) is 13.8 Å². The maximum Gasteiger partial charge on any atom is 0.0730 e. The van der Waals surface area contributed by atoms with Crippen LogP contribution in [-0.2, 0) is 9.47 Å². The molecule has 3 aliphatic rings. The number of hydrogen-bond acceptors (Lipinski definition) is 3. The Hall–Kier alpha value is -0.120. The summed E-state index contributed by atoms with van der Waals surface area (Å²) in [6.45, 7) is 7.07. The van der Waals surface area contributed by atoms with Crippen molar-refractivity contribution in [2.24, 2.45) is 17.8 Å². The Kier molecular flexibility index (Phi) is 4.63. The van der Waals surface area contributed by atoms with Gasteiger partial charge in [0.05, 0.1) is 11.2 Å². The molecule has 0 aromatic rings. The van der Waals surface area contributed by atoms with Crippen molar-refractivity contribution in [1.29, 1.82) is 0 Å². The van der Waals surface area contributed by atoms with Gasteiger partial charge in [-0.1, -0.05) is 20.3 Å². The van der Waals surface area contributed by atoms with Gasteiger partial charge in [0.2, 0.25) is 0 Å². The molecule has 0 radical (unpaired) electrons. The van der Waals surface area contributed by atoms with E-state index in [-0.39, 0.29) is 5.60 Å². The Balaban J connectivity index is 1.69. The Labute approximate surface area is 129 Å². The van der Waals surface area contributed by atoms with Crippen molar-refractivity contribution in [3.63, 3.8) is 0 Å². The number of rotatable bonds is 2. The van der Waals surface area contributed by atoms with Crippen LogP contribution in [0.15, 0.2) is 0 Å². The molecule has 0 aromatic carbocycles. The fourth-order valence-electron chi connectivity index (χ4n) is 4.85. The van der Waals surface area contributed by atoms with Crippen molar-refractivity contribution >= 4 is 0 Å². The van der Waals surface area contributed by atoms with Crippen molar-refractivity contribution in [2.45, 2.75) is 76.4 Å². The van der Waals surface area contributed by atoms with Gasteiger partial charge in [-0.05, 0) is 62.7 Å². The van der Waals surface area contributed by atoms with E-state index in [1.165, 1.54) is 12.8 Å². The summed E-state index contributed by atoms with van der Waals surface area (Å²) >= 11 is 0. The third-order valence-electron chi connectivity index (χ3n) is 6.40. The Morgan fingerprint density at radius 1 is 1.00 bits per heavy atom. The predicted molar refractivity (Wildman–Crippen MR) is 83.2 cm³/mol. The normalized spacial score (nSPS) is 40.6. The molecule has 122 valence electrons. The molecular weight excluding hydrogens is 264 g/mol. The van der Waals surface area contributed by atoms with Gasteiger partial charge in [0.25, 0.3) is 0 Å². The van der Waals surface area contributed by atoms with Crippen LogP contribution in [0.2, 0.25) is 0 Å². The molecule has 21 heavy (non-hydrogen) atoms. The van der Waals surface area contributed by atoms with Crippen molar-refractivity contribution in [2.75, 3.05) is 19.8 Å². The molecule has 3 rings (SSSR count). The average Bonchev–Trinajstić information content (AvgIpc) is 2.48. The SMILES string of the molecule is CC(C)C1CCCC(O)(C2CCOC3(CCOCC3)C2)C1. The van der Waals surface area contributed by atoms with E-state index in [1.54, 1.807) is 0 Å². The fraction of sp³-hybridized carbons (Fsp3) is 1.00. The molecule has 0 amide bonds. The summed E-state index contributed by atoms with van der Waals surface area (Å²) in [6, 6.07) is 0. The Morgan fingerprint density at radius 2 is 1.76 bits per heavy atom. The second-order valence-electron chi connectivity index (χ2n) is 8.04. The lowest BCUT2D eigenvalue weighted by Crippen LogP contribution is -2.52. The molecule has 1 saturated carbocycles. The minimum Gasteiger partial charge on any atom is -0.390 e. The zero-order chi connectivity index (χ0) is 14.9. The molecule has 2 saturated heterocycles. The summed E-state index contributed by atoms with van der Waals surface area (Å²) in [5, 5.41) is 11.3. The highest BCUT2D eigenvalue weighted by Crippen LogP contribution is 2.48. The summed E-state index contributed by atoms with van der Waals surface area (Å²) < 4.78 is 11.7. The van der Waals surface area contributed by atoms with Gasteiger partial charge in [0.15, 0.2) is 0 Å². The van der Waals surface area contributed by atoms with Gasteiger partial charge in [-0.15, -0.1) is 0 Å². The molecule has 2 heterocycles. The highest BCUT2D eigenvalue weighted by Gasteiger charge is 2.48. The molecule has 3 atom stereocenters. The lowest BCUT2D eigenvalue weighted by molar-refractivity contribution is -0.184. The predicted octanol–water partition coefficient (Wildman–Crippen LogP) is 3.54. The third-order valence-corrected chi connectivity index (χ3v) is 6.40. The molecule has 1 N–H and O–H groups in total. The molecule has 3 unspecified atom stereocenters. The molecule has 0 bridgehead atoms. The van der Waals surface area contributed by atoms with Crippen LogP contribution in [0.5, 0.6) is 0 Å². The first kappa shape index (κ1) is 15.8. The molecule has 1 aliphatic carbocycles. The first-order valence-electron chi connectivity index (χ1n) is 8.97. The maximum atomic E-state index is 11.3. The van der Waals surface area contributed by atoms with Gasteiger partial charge in [-0.25, -0.2) is 0 Å². The van der Waals surface area contributed by atoms with E-state index < -0.39 is 5.60 Å². The zero-order valence-corrected chi connectivity index (χ0v) is 13.8. The molecule has 2 aliphatic heterocycles. The fourth-order valence-corrected chi connectivity index (χ4v) is 4.85. The summed E-state index contributed by atoms with van der Waals surface area (Å²) in [4.78, 5) is 0. The van der Waals surface area contributed by atoms with E-state index in [9.17, 15) is 5.11 Å². The molecule has 3 fully saturated rings. The monoisotopic (exact) mass is 296 g/mol. The van der Waals surface area contributed by atoms with E-state index in [4.69, 9.17) is 9.47 Å². The molecule has 3 heteroatoms. The van der Waals surface area contributed by atoms with Gasteiger partial charge >= 0.3 is 0 Å². The van der Waals surface area contributed by atoms with E-state index in [1.807, 2.05) is 0 Å². The highest BCUT2D eigenvalue weighted by atomic mass is 16.5. The topological polar surface area (TPSA) is 38.7 Å². The third kappa shape index (κ3) is 3.30. The van der Waals surface area contributed by atoms with Gasteiger partial charge < -0.3 is 14.6 Å². The van der Waals surface area contributed by atoms with E-state index in [0.29, 0.717) is 17.8 Å². The van der Waals surface area contributed by atoms with Crippen LogP contribution in [0.25, 0.3) is 0 Å². The lowest BCUT2D eigenvalue weighted by Gasteiger charge is -2.50. The van der Waals surface area contributed by atoms with Gasteiger partial charge in [0, 0.05) is 19.8 Å². The number of ether oxygens (including phenoxy) is 2. The van der Waals surface area contributed by atoms with Crippen LogP contribution in [-0.4, -0.2) is 36.1 Å². The Bertz CT molecular complexity index is 343. The highest BCUT2D eigenvalue weighted by molar-refractivity contribution is 4.99. The number of hydrogen-bond donors (Lipinski definition) is 1. The first-order valence-corrected chi connectivity index (χ1v) is 8.97. The molecule has 3 nitrogen and oxygen atoms in total. The van der Waals surface area contributed by atoms with Crippen LogP contribution < -0.4 is 0 Å². The summed E-state index contributed by atoms with van der Waals surface area (Å²) in [6.07, 6.45) is 8.56. The van der Waals surface area contributed by atoms with Crippen molar-refractivity contribution in [3.05, 3.63) is 0 Å². The van der Waals surface area contributed by atoms with Gasteiger partial charge in [0.1, 0.15) is 0 Å². The molecule has 1 spiro atoms. The quantitative estimate of drug-likeness (QED) is 0.847. The van der Waals surface area contributed by atoms with Crippen LogP contribution >= 0.6 is 0 Å². The van der Waals surface area contributed by atoms with Gasteiger partial charge in [-0.3, -0.25) is 0 Å². The largest absolute Gasteiger partial charge is 0.390 e. The van der Waals surface area contributed by atoms with E-state index >= 15 is 0 Å². The van der Waals surface area contributed by atoms with Crippen molar-refractivity contribution < 1.29 is 14.6 Å². The first-order chi connectivity index (χ1) is 10.0. The summed E-state index contributed by atoms with van der Waals surface area (Å²) in [5.74, 6) is 1.80. The summed E-state index contributed by atoms with van der Waals surface area (Å²) in [7, 11) is 0. The summed E-state index contributed by atoms with van der Waals surface area (Å²) in [5.41, 5.74) is -0.441. The van der Waals surface area contributed by atoms with Crippen LogP contribution in [0.4, 0.5) is 0 Å². The number of aliphatic hydroxyl groups is 1. The lowest BCUT2D eigenvalue weighted by atomic mass is 9.64. The van der Waals surface area contributed by atoms with Crippen LogP contribution in [0.3, 0.4) is 0 Å². The standard InChI is InChI=1S/C18H32O3/c1-14(2)15-4-3-6-18(19,12-15)16-5-9-21-17(13-16)7-10-20-11-8-17/h14-16,19H,3-13H2,1-2H3.